The predicted molar refractivity (Wildman–Crippen MR) is 74.3 cm³/mol. The van der Waals surface area contributed by atoms with Gasteiger partial charge in [0.2, 0.25) is 0 Å². The summed E-state index contributed by atoms with van der Waals surface area (Å²) in [5.74, 6) is 0.606. The molecule has 1 aromatic carbocycles. The lowest BCUT2D eigenvalue weighted by Crippen LogP contribution is -2.30. The third-order valence-electron chi connectivity index (χ3n) is 4.22. The Morgan fingerprint density at radius 1 is 1.16 bits per heavy atom. The lowest BCUT2D eigenvalue weighted by molar-refractivity contribution is -0.112. The van der Waals surface area contributed by atoms with Gasteiger partial charge in [0.15, 0.2) is 0 Å². The van der Waals surface area contributed by atoms with Gasteiger partial charge in [0, 0.05) is 12.0 Å². The van der Waals surface area contributed by atoms with Crippen LogP contribution in [0, 0.1) is 17.7 Å². The Bertz CT molecular complexity index is 407. The summed E-state index contributed by atoms with van der Waals surface area (Å²) >= 11 is 0. The molecule has 1 aliphatic carbocycles. The van der Waals surface area contributed by atoms with Gasteiger partial charge in [-0.05, 0) is 63.4 Å². The van der Waals surface area contributed by atoms with Crippen molar-refractivity contribution in [3.05, 3.63) is 35.6 Å². The largest absolute Gasteiger partial charge is 0.303 e. The second kappa shape index (κ2) is 6.29. The van der Waals surface area contributed by atoms with E-state index in [1.54, 1.807) is 0 Å². The van der Waals surface area contributed by atoms with Crippen molar-refractivity contribution in [2.75, 3.05) is 14.1 Å². The van der Waals surface area contributed by atoms with Crippen LogP contribution in [-0.4, -0.2) is 25.3 Å². The summed E-state index contributed by atoms with van der Waals surface area (Å²) in [6.45, 7) is 0. The quantitative estimate of drug-likeness (QED) is 0.776. The predicted octanol–water partition coefficient (Wildman–Crippen LogP) is 3.43. The van der Waals surface area contributed by atoms with Gasteiger partial charge in [-0.3, -0.25) is 0 Å². The van der Waals surface area contributed by atoms with Crippen molar-refractivity contribution in [2.24, 2.45) is 11.8 Å². The zero-order valence-corrected chi connectivity index (χ0v) is 11.7. The monoisotopic (exact) mass is 263 g/mol. The van der Waals surface area contributed by atoms with E-state index in [-0.39, 0.29) is 11.7 Å². The number of benzene rings is 1. The van der Waals surface area contributed by atoms with E-state index >= 15 is 0 Å². The third-order valence-corrected chi connectivity index (χ3v) is 4.22. The van der Waals surface area contributed by atoms with Crippen LogP contribution in [0.15, 0.2) is 24.3 Å². The molecule has 0 radical (unpaired) electrons. The highest BCUT2D eigenvalue weighted by atomic mass is 19.1. The number of rotatable bonds is 4. The molecule has 3 heteroatoms. The fourth-order valence-electron chi connectivity index (χ4n) is 3.25. The molecule has 19 heavy (non-hydrogen) atoms. The highest BCUT2D eigenvalue weighted by molar-refractivity contribution is 5.53. The van der Waals surface area contributed by atoms with Gasteiger partial charge in [-0.25, -0.2) is 4.39 Å². The Hall–Kier alpha value is -1.22. The van der Waals surface area contributed by atoms with Crippen molar-refractivity contribution >= 4 is 6.29 Å². The lowest BCUT2D eigenvalue weighted by Gasteiger charge is -2.36. The average Bonchev–Trinajstić information content (AvgIpc) is 2.42. The Morgan fingerprint density at radius 2 is 1.74 bits per heavy atom. The molecule has 2 rings (SSSR count). The molecule has 1 saturated carbocycles. The summed E-state index contributed by atoms with van der Waals surface area (Å²) in [4.78, 5) is 13.0. The van der Waals surface area contributed by atoms with Crippen molar-refractivity contribution < 1.29 is 9.18 Å². The number of nitrogens with zero attached hydrogens (tertiary/aromatic N) is 1. The minimum Gasteiger partial charge on any atom is -0.303 e. The maximum atomic E-state index is 13.0. The van der Waals surface area contributed by atoms with Crippen LogP contribution >= 0.6 is 0 Å². The summed E-state index contributed by atoms with van der Waals surface area (Å²) in [5, 5.41) is 0. The van der Waals surface area contributed by atoms with E-state index in [1.807, 2.05) is 12.1 Å². The zero-order valence-electron chi connectivity index (χ0n) is 11.7. The van der Waals surface area contributed by atoms with Crippen LogP contribution in [0.25, 0.3) is 0 Å². The Balaban J connectivity index is 2.12. The first kappa shape index (κ1) is 14.2. The van der Waals surface area contributed by atoms with Crippen LogP contribution in [0.5, 0.6) is 0 Å². The molecule has 0 spiro atoms. The first-order chi connectivity index (χ1) is 9.11. The number of aldehydes is 1. The number of hydrogen-bond acceptors (Lipinski definition) is 2. The third kappa shape index (κ3) is 3.41. The van der Waals surface area contributed by atoms with E-state index in [2.05, 4.69) is 19.0 Å². The van der Waals surface area contributed by atoms with E-state index in [1.165, 1.54) is 17.7 Å². The molecule has 1 fully saturated rings. The number of carbonyl (C=O) groups excluding carboxylic acids is 1. The van der Waals surface area contributed by atoms with Gasteiger partial charge in [0.25, 0.3) is 0 Å². The molecular weight excluding hydrogens is 241 g/mol. The van der Waals surface area contributed by atoms with Gasteiger partial charge >= 0.3 is 0 Å². The first-order valence-corrected chi connectivity index (χ1v) is 6.99. The van der Waals surface area contributed by atoms with Crippen LogP contribution in [0.1, 0.15) is 37.3 Å². The molecule has 1 unspecified atom stereocenters. The molecule has 2 nitrogen and oxygen atoms in total. The van der Waals surface area contributed by atoms with Crippen molar-refractivity contribution in [1.82, 2.24) is 4.90 Å². The standard InChI is InChI=1S/C16H22FNO/c1-18(2)16(14-7-9-15(17)10-8-14)13-5-3-12(11-19)4-6-13/h7-13,16H,3-6H2,1-2H3. The van der Waals surface area contributed by atoms with Gasteiger partial charge in [-0.1, -0.05) is 12.1 Å². The SMILES string of the molecule is CN(C)C(c1ccc(F)cc1)C1CCC(C=O)CC1. The summed E-state index contributed by atoms with van der Waals surface area (Å²) < 4.78 is 13.0. The van der Waals surface area contributed by atoms with Crippen molar-refractivity contribution in [2.45, 2.75) is 31.7 Å². The Labute approximate surface area is 114 Å². The van der Waals surface area contributed by atoms with E-state index in [4.69, 9.17) is 0 Å². The highest BCUT2D eigenvalue weighted by Gasteiger charge is 2.29. The first-order valence-electron chi connectivity index (χ1n) is 6.99. The fourth-order valence-corrected chi connectivity index (χ4v) is 3.25. The van der Waals surface area contributed by atoms with E-state index in [9.17, 15) is 9.18 Å². The molecule has 104 valence electrons. The summed E-state index contributed by atoms with van der Waals surface area (Å²) in [7, 11) is 4.14. The molecular formula is C16H22FNO. The van der Waals surface area contributed by atoms with Gasteiger partial charge < -0.3 is 9.69 Å². The fraction of sp³-hybridized carbons (Fsp3) is 0.562. The van der Waals surface area contributed by atoms with Gasteiger partial charge in [0.1, 0.15) is 12.1 Å². The van der Waals surface area contributed by atoms with Gasteiger partial charge in [-0.2, -0.15) is 0 Å². The number of halogens is 1. The van der Waals surface area contributed by atoms with Crippen LogP contribution in [-0.2, 0) is 4.79 Å². The molecule has 0 heterocycles. The average molecular weight is 263 g/mol. The van der Waals surface area contributed by atoms with Gasteiger partial charge in [0.05, 0.1) is 0 Å². The lowest BCUT2D eigenvalue weighted by atomic mass is 9.77. The van der Waals surface area contributed by atoms with Crippen molar-refractivity contribution in [3.63, 3.8) is 0 Å². The second-order valence-corrected chi connectivity index (χ2v) is 5.77. The second-order valence-electron chi connectivity index (χ2n) is 5.77. The molecule has 0 aliphatic heterocycles. The molecule has 0 aromatic heterocycles. The maximum Gasteiger partial charge on any atom is 0.123 e. The smallest absolute Gasteiger partial charge is 0.123 e. The molecule has 1 aliphatic rings. The van der Waals surface area contributed by atoms with Gasteiger partial charge in [-0.15, -0.1) is 0 Å². The molecule has 1 aromatic rings. The molecule has 0 amide bonds. The highest BCUT2D eigenvalue weighted by Crippen LogP contribution is 2.38. The zero-order chi connectivity index (χ0) is 13.8. The van der Waals surface area contributed by atoms with E-state index < -0.39 is 0 Å². The molecule has 1 atom stereocenters. The molecule has 0 bridgehead atoms. The number of hydrogen-bond donors (Lipinski definition) is 0. The Morgan fingerprint density at radius 3 is 2.21 bits per heavy atom. The van der Waals surface area contributed by atoms with Crippen LogP contribution in [0.3, 0.4) is 0 Å². The van der Waals surface area contributed by atoms with Crippen molar-refractivity contribution in [1.29, 1.82) is 0 Å². The van der Waals surface area contributed by atoms with Crippen molar-refractivity contribution in [3.8, 4) is 0 Å². The summed E-state index contributed by atoms with van der Waals surface area (Å²) in [5.41, 5.74) is 1.17. The summed E-state index contributed by atoms with van der Waals surface area (Å²) in [6.07, 6.45) is 5.21. The van der Waals surface area contributed by atoms with Crippen LogP contribution in [0.2, 0.25) is 0 Å². The summed E-state index contributed by atoms with van der Waals surface area (Å²) in [6, 6.07) is 7.14. The topological polar surface area (TPSA) is 20.3 Å². The van der Waals surface area contributed by atoms with E-state index in [0.717, 1.165) is 32.0 Å². The minimum atomic E-state index is -0.189. The van der Waals surface area contributed by atoms with E-state index in [0.29, 0.717) is 12.0 Å². The maximum absolute atomic E-state index is 13.0. The molecule has 0 N–H and O–H groups in total. The Kier molecular flexibility index (Phi) is 4.70. The minimum absolute atomic E-state index is 0.189. The van der Waals surface area contributed by atoms with Crippen LogP contribution in [0.4, 0.5) is 4.39 Å². The molecule has 0 saturated heterocycles. The number of carbonyl (C=O) groups is 1. The van der Waals surface area contributed by atoms with Crippen LogP contribution < -0.4 is 0 Å². The normalized spacial score (nSPS) is 25.3.